The monoisotopic (exact) mass is 292 g/mol. The first kappa shape index (κ1) is 16.3. The van der Waals surface area contributed by atoms with Crippen LogP contribution < -0.4 is 10.6 Å². The minimum absolute atomic E-state index is 0.00306. The molecule has 2 aliphatic carbocycles. The number of nitrogens with zero attached hydrogens (tertiary/aromatic N) is 2. The van der Waals surface area contributed by atoms with Crippen LogP contribution in [0.1, 0.15) is 51.4 Å². The number of likely N-dealkylation sites (N-methyl/N-ethyl adjacent to an activating group) is 1. The predicted molar refractivity (Wildman–Crippen MR) is 82.7 cm³/mol. The van der Waals surface area contributed by atoms with Crippen LogP contribution in [0.3, 0.4) is 0 Å². The van der Waals surface area contributed by atoms with Crippen molar-refractivity contribution in [2.75, 3.05) is 20.6 Å². The molecule has 0 radical (unpaired) electrons. The van der Waals surface area contributed by atoms with E-state index in [4.69, 9.17) is 0 Å². The van der Waals surface area contributed by atoms with Crippen molar-refractivity contribution in [3.05, 3.63) is 0 Å². The summed E-state index contributed by atoms with van der Waals surface area (Å²) in [5.41, 5.74) is -0.596. The van der Waals surface area contributed by atoms with Crippen molar-refractivity contribution in [1.29, 1.82) is 5.26 Å². The van der Waals surface area contributed by atoms with Crippen molar-refractivity contribution < 1.29 is 4.79 Å². The quantitative estimate of drug-likeness (QED) is 0.804. The van der Waals surface area contributed by atoms with E-state index in [-0.39, 0.29) is 5.91 Å². The van der Waals surface area contributed by atoms with E-state index < -0.39 is 5.54 Å². The Morgan fingerprint density at radius 1 is 1.29 bits per heavy atom. The van der Waals surface area contributed by atoms with Gasteiger partial charge in [-0.15, -0.1) is 0 Å². The van der Waals surface area contributed by atoms with Crippen LogP contribution in [0.2, 0.25) is 0 Å². The maximum absolute atomic E-state index is 12.2. The van der Waals surface area contributed by atoms with Gasteiger partial charge in [-0.1, -0.05) is 0 Å². The Hall–Kier alpha value is -1.12. The first-order valence-corrected chi connectivity index (χ1v) is 8.18. The van der Waals surface area contributed by atoms with Gasteiger partial charge in [-0.2, -0.15) is 5.26 Å². The molecular weight excluding hydrogens is 264 g/mol. The second-order valence-electron chi connectivity index (χ2n) is 6.66. The zero-order chi connectivity index (χ0) is 15.3. The number of rotatable bonds is 5. The number of hydrogen-bond donors (Lipinski definition) is 2. The van der Waals surface area contributed by atoms with E-state index in [1.54, 1.807) is 0 Å². The van der Waals surface area contributed by atoms with Crippen LogP contribution in [-0.4, -0.2) is 49.1 Å². The third kappa shape index (κ3) is 4.18. The molecule has 0 saturated heterocycles. The van der Waals surface area contributed by atoms with Crippen LogP contribution in [-0.2, 0) is 4.79 Å². The molecule has 0 aromatic heterocycles. The Morgan fingerprint density at radius 3 is 2.43 bits per heavy atom. The van der Waals surface area contributed by atoms with Crippen molar-refractivity contribution >= 4 is 5.91 Å². The van der Waals surface area contributed by atoms with Crippen molar-refractivity contribution in [1.82, 2.24) is 15.5 Å². The third-order valence-corrected chi connectivity index (χ3v) is 5.17. The summed E-state index contributed by atoms with van der Waals surface area (Å²) >= 11 is 0. The summed E-state index contributed by atoms with van der Waals surface area (Å²) in [6.07, 6.45) is 8.30. The normalized spacial score (nSPS) is 28.3. The molecule has 0 spiro atoms. The Bertz CT molecular complexity index is 390. The molecule has 2 rings (SSSR count). The van der Waals surface area contributed by atoms with Crippen LogP contribution in [0.15, 0.2) is 0 Å². The van der Waals surface area contributed by atoms with Crippen LogP contribution in [0.25, 0.3) is 0 Å². The third-order valence-electron chi connectivity index (χ3n) is 5.17. The van der Waals surface area contributed by atoms with Crippen LogP contribution in [0, 0.1) is 11.3 Å². The zero-order valence-electron chi connectivity index (χ0n) is 13.3. The van der Waals surface area contributed by atoms with Gasteiger partial charge in [-0.05, 0) is 65.5 Å². The largest absolute Gasteiger partial charge is 0.337 e. The molecule has 2 N–H and O–H groups in total. The fourth-order valence-electron chi connectivity index (χ4n) is 3.71. The van der Waals surface area contributed by atoms with Gasteiger partial charge in [0.2, 0.25) is 5.91 Å². The molecule has 0 unspecified atom stereocenters. The summed E-state index contributed by atoms with van der Waals surface area (Å²) in [5, 5.41) is 15.6. The van der Waals surface area contributed by atoms with Gasteiger partial charge in [0.15, 0.2) is 0 Å². The predicted octanol–water partition coefficient (Wildman–Crippen LogP) is 1.40. The molecule has 0 aromatic carbocycles. The molecule has 0 atom stereocenters. The van der Waals surface area contributed by atoms with Crippen LogP contribution in [0.4, 0.5) is 0 Å². The summed E-state index contributed by atoms with van der Waals surface area (Å²) < 4.78 is 0. The van der Waals surface area contributed by atoms with E-state index in [0.717, 1.165) is 38.5 Å². The molecular formula is C16H28N4O. The second-order valence-corrected chi connectivity index (χ2v) is 6.66. The molecule has 2 saturated carbocycles. The van der Waals surface area contributed by atoms with Gasteiger partial charge in [-0.3, -0.25) is 9.69 Å². The lowest BCUT2D eigenvalue weighted by atomic mass is 9.90. The van der Waals surface area contributed by atoms with Crippen LogP contribution >= 0.6 is 0 Å². The standard InChI is InChI=1S/C16H28N4O/c1-18-13-5-7-14(8-6-13)20(2)11-15(21)19-16(12-17)9-3-4-10-16/h13-14,18H,3-11H2,1-2H3,(H,19,21). The van der Waals surface area contributed by atoms with Crippen molar-refractivity contribution in [2.24, 2.45) is 0 Å². The van der Waals surface area contributed by atoms with Crippen molar-refractivity contribution in [3.8, 4) is 6.07 Å². The highest BCUT2D eigenvalue weighted by atomic mass is 16.2. The summed E-state index contributed by atoms with van der Waals surface area (Å²) in [6.45, 7) is 0.401. The van der Waals surface area contributed by atoms with E-state index in [2.05, 4.69) is 21.6 Å². The van der Waals surface area contributed by atoms with E-state index in [9.17, 15) is 10.1 Å². The molecule has 5 heteroatoms. The number of nitriles is 1. The number of carbonyl (C=O) groups excluding carboxylic acids is 1. The first-order chi connectivity index (χ1) is 10.1. The van der Waals surface area contributed by atoms with Gasteiger partial charge in [0.25, 0.3) is 0 Å². The summed E-state index contributed by atoms with van der Waals surface area (Å²) in [7, 11) is 4.04. The number of amides is 1. The lowest BCUT2D eigenvalue weighted by Crippen LogP contribution is -2.50. The van der Waals surface area contributed by atoms with Gasteiger partial charge in [0.05, 0.1) is 12.6 Å². The molecule has 2 fully saturated rings. The van der Waals surface area contributed by atoms with Gasteiger partial charge in [0.1, 0.15) is 5.54 Å². The van der Waals surface area contributed by atoms with Crippen molar-refractivity contribution in [3.63, 3.8) is 0 Å². The maximum atomic E-state index is 12.2. The average molecular weight is 292 g/mol. The maximum Gasteiger partial charge on any atom is 0.235 e. The fourth-order valence-corrected chi connectivity index (χ4v) is 3.71. The van der Waals surface area contributed by atoms with Gasteiger partial charge < -0.3 is 10.6 Å². The minimum Gasteiger partial charge on any atom is -0.337 e. The summed E-state index contributed by atoms with van der Waals surface area (Å²) in [4.78, 5) is 14.4. The van der Waals surface area contributed by atoms with Gasteiger partial charge in [-0.25, -0.2) is 0 Å². The minimum atomic E-state index is -0.596. The highest BCUT2D eigenvalue weighted by Crippen LogP contribution is 2.29. The molecule has 1 amide bonds. The van der Waals surface area contributed by atoms with Crippen LogP contribution in [0.5, 0.6) is 0 Å². The Balaban J connectivity index is 1.78. The number of carbonyl (C=O) groups is 1. The molecule has 0 heterocycles. The molecule has 0 aromatic rings. The summed E-state index contributed by atoms with van der Waals surface area (Å²) in [6, 6.07) is 3.43. The van der Waals surface area contributed by atoms with E-state index in [1.165, 1.54) is 12.8 Å². The molecule has 0 bridgehead atoms. The van der Waals surface area contributed by atoms with Crippen molar-refractivity contribution in [2.45, 2.75) is 69.0 Å². The number of nitrogens with one attached hydrogen (secondary N) is 2. The van der Waals surface area contributed by atoms with E-state index in [1.807, 2.05) is 14.1 Å². The molecule has 21 heavy (non-hydrogen) atoms. The second kappa shape index (κ2) is 7.24. The molecule has 0 aliphatic heterocycles. The van der Waals surface area contributed by atoms with E-state index >= 15 is 0 Å². The topological polar surface area (TPSA) is 68.2 Å². The van der Waals surface area contributed by atoms with Gasteiger partial charge >= 0.3 is 0 Å². The Labute approximate surface area is 128 Å². The molecule has 118 valence electrons. The highest BCUT2D eigenvalue weighted by molar-refractivity contribution is 5.79. The fraction of sp³-hybridized carbons (Fsp3) is 0.875. The number of hydrogen-bond acceptors (Lipinski definition) is 4. The lowest BCUT2D eigenvalue weighted by Gasteiger charge is -2.34. The average Bonchev–Trinajstić information content (AvgIpc) is 2.96. The zero-order valence-corrected chi connectivity index (χ0v) is 13.3. The Morgan fingerprint density at radius 2 is 1.90 bits per heavy atom. The van der Waals surface area contributed by atoms with Gasteiger partial charge in [0, 0.05) is 12.1 Å². The summed E-state index contributed by atoms with van der Waals surface area (Å²) in [5.74, 6) is -0.00306. The highest BCUT2D eigenvalue weighted by Gasteiger charge is 2.35. The van der Waals surface area contributed by atoms with E-state index in [0.29, 0.717) is 18.6 Å². The molecule has 2 aliphatic rings. The lowest BCUT2D eigenvalue weighted by molar-refractivity contribution is -0.123. The Kier molecular flexibility index (Phi) is 5.60. The smallest absolute Gasteiger partial charge is 0.235 e. The SMILES string of the molecule is CNC1CCC(N(C)CC(=O)NC2(C#N)CCCC2)CC1. The molecule has 5 nitrogen and oxygen atoms in total. The first-order valence-electron chi connectivity index (χ1n) is 8.18.